The summed E-state index contributed by atoms with van der Waals surface area (Å²) in [6.07, 6.45) is 3.44. The van der Waals surface area contributed by atoms with Crippen LogP contribution in [-0.2, 0) is 9.59 Å². The van der Waals surface area contributed by atoms with Gasteiger partial charge in [0.2, 0.25) is 11.8 Å². The molecule has 1 unspecified atom stereocenters. The molecule has 6 heteroatoms. The second kappa shape index (κ2) is 8.37. The average Bonchev–Trinajstić information content (AvgIpc) is 2.38. The topological polar surface area (TPSA) is 75.4 Å². The maximum absolute atomic E-state index is 11.9. The van der Waals surface area contributed by atoms with E-state index in [1.807, 2.05) is 11.8 Å². The smallest absolute Gasteiger partial charge is 0.235 e. The molecule has 1 aliphatic rings. The molecule has 0 radical (unpaired) electrons. The van der Waals surface area contributed by atoms with Crippen LogP contribution in [0.3, 0.4) is 0 Å². The SMILES string of the molecule is CCNC(CSCC(=O)N1CCCCC1)C(N)=O. The number of thioether (sulfide) groups is 1. The zero-order valence-electron chi connectivity index (χ0n) is 11.0. The van der Waals surface area contributed by atoms with Crippen molar-refractivity contribution in [3.8, 4) is 0 Å². The van der Waals surface area contributed by atoms with Crippen LogP contribution in [-0.4, -0.2) is 53.9 Å². The molecule has 2 amide bonds. The quantitative estimate of drug-likeness (QED) is 0.694. The van der Waals surface area contributed by atoms with E-state index in [1.54, 1.807) is 0 Å². The van der Waals surface area contributed by atoms with Crippen molar-refractivity contribution in [3.63, 3.8) is 0 Å². The van der Waals surface area contributed by atoms with Gasteiger partial charge in [-0.1, -0.05) is 6.92 Å². The molecule has 1 rings (SSSR count). The summed E-state index contributed by atoms with van der Waals surface area (Å²) >= 11 is 1.48. The Morgan fingerprint density at radius 1 is 1.33 bits per heavy atom. The van der Waals surface area contributed by atoms with Crippen LogP contribution in [0.2, 0.25) is 0 Å². The molecule has 1 atom stereocenters. The van der Waals surface area contributed by atoms with Gasteiger partial charge in [-0.3, -0.25) is 9.59 Å². The van der Waals surface area contributed by atoms with E-state index >= 15 is 0 Å². The summed E-state index contributed by atoms with van der Waals surface area (Å²) < 4.78 is 0. The minimum absolute atomic E-state index is 0.180. The number of hydrogen-bond acceptors (Lipinski definition) is 4. The third-order valence-electron chi connectivity index (χ3n) is 3.01. The fourth-order valence-corrected chi connectivity index (χ4v) is 2.98. The van der Waals surface area contributed by atoms with Crippen LogP contribution in [0.5, 0.6) is 0 Å². The maximum atomic E-state index is 11.9. The summed E-state index contributed by atoms with van der Waals surface area (Å²) in [5.74, 6) is 0.826. The third kappa shape index (κ3) is 5.27. The third-order valence-corrected chi connectivity index (χ3v) is 4.03. The number of nitrogens with two attached hydrogens (primary N) is 1. The second-order valence-electron chi connectivity index (χ2n) is 4.47. The largest absolute Gasteiger partial charge is 0.368 e. The molecule has 3 N–H and O–H groups in total. The number of piperidine rings is 1. The number of rotatable bonds is 7. The van der Waals surface area contributed by atoms with Gasteiger partial charge >= 0.3 is 0 Å². The minimum Gasteiger partial charge on any atom is -0.368 e. The van der Waals surface area contributed by atoms with Crippen molar-refractivity contribution in [2.24, 2.45) is 5.73 Å². The van der Waals surface area contributed by atoms with E-state index in [4.69, 9.17) is 5.73 Å². The van der Waals surface area contributed by atoms with E-state index in [0.29, 0.717) is 18.1 Å². The zero-order chi connectivity index (χ0) is 13.4. The van der Waals surface area contributed by atoms with Crippen molar-refractivity contribution < 1.29 is 9.59 Å². The van der Waals surface area contributed by atoms with Gasteiger partial charge < -0.3 is 16.0 Å². The van der Waals surface area contributed by atoms with Crippen LogP contribution < -0.4 is 11.1 Å². The number of likely N-dealkylation sites (tertiary alicyclic amines) is 1. The molecule has 5 nitrogen and oxygen atoms in total. The molecular formula is C12H23N3O2S. The molecule has 0 bridgehead atoms. The highest BCUT2D eigenvalue weighted by Gasteiger charge is 2.18. The Kier molecular flexibility index (Phi) is 7.12. The molecule has 1 fully saturated rings. The van der Waals surface area contributed by atoms with Gasteiger partial charge in [0.25, 0.3) is 0 Å². The fraction of sp³-hybridized carbons (Fsp3) is 0.833. The molecular weight excluding hydrogens is 250 g/mol. The summed E-state index contributed by atoms with van der Waals surface area (Å²) in [4.78, 5) is 24.9. The Morgan fingerprint density at radius 2 is 2.00 bits per heavy atom. The van der Waals surface area contributed by atoms with Gasteiger partial charge in [0.1, 0.15) is 0 Å². The van der Waals surface area contributed by atoms with Gasteiger partial charge in [-0.2, -0.15) is 0 Å². The molecule has 0 aliphatic carbocycles. The van der Waals surface area contributed by atoms with Gasteiger partial charge in [0, 0.05) is 18.8 Å². The highest BCUT2D eigenvalue weighted by molar-refractivity contribution is 8.00. The number of likely N-dealkylation sites (N-methyl/N-ethyl adjacent to an activating group) is 1. The van der Waals surface area contributed by atoms with Gasteiger partial charge in [-0.25, -0.2) is 0 Å². The van der Waals surface area contributed by atoms with E-state index in [2.05, 4.69) is 5.32 Å². The Balaban J connectivity index is 2.22. The molecule has 0 saturated carbocycles. The van der Waals surface area contributed by atoms with Crippen molar-refractivity contribution in [3.05, 3.63) is 0 Å². The predicted molar refractivity (Wildman–Crippen MR) is 74.4 cm³/mol. The van der Waals surface area contributed by atoms with Crippen LogP contribution in [0, 0.1) is 0 Å². The zero-order valence-corrected chi connectivity index (χ0v) is 11.8. The van der Waals surface area contributed by atoms with E-state index in [0.717, 1.165) is 25.9 Å². The number of carbonyl (C=O) groups excluding carboxylic acids is 2. The normalized spacial score (nSPS) is 17.5. The molecule has 1 heterocycles. The van der Waals surface area contributed by atoms with Gasteiger partial charge in [-0.05, 0) is 25.8 Å². The lowest BCUT2D eigenvalue weighted by Crippen LogP contribution is -2.43. The summed E-state index contributed by atoms with van der Waals surface area (Å²) in [7, 11) is 0. The van der Waals surface area contributed by atoms with Gasteiger partial charge in [0.05, 0.1) is 11.8 Å². The van der Waals surface area contributed by atoms with Crippen LogP contribution in [0.25, 0.3) is 0 Å². The Labute approximate surface area is 113 Å². The average molecular weight is 273 g/mol. The van der Waals surface area contributed by atoms with Crippen LogP contribution in [0.4, 0.5) is 0 Å². The standard InChI is InChI=1S/C12H23N3O2S/c1-2-14-10(12(13)17)8-18-9-11(16)15-6-4-3-5-7-15/h10,14H,2-9H2,1H3,(H2,13,17). The summed E-state index contributed by atoms with van der Waals surface area (Å²) in [5.41, 5.74) is 5.27. The van der Waals surface area contributed by atoms with E-state index in [-0.39, 0.29) is 17.9 Å². The summed E-state index contributed by atoms with van der Waals surface area (Å²) in [5, 5.41) is 3.02. The number of amides is 2. The first kappa shape index (κ1) is 15.3. The lowest BCUT2D eigenvalue weighted by atomic mass is 10.1. The predicted octanol–water partition coefficient (Wildman–Crippen LogP) is 0.196. The molecule has 0 aromatic heterocycles. The molecule has 18 heavy (non-hydrogen) atoms. The maximum Gasteiger partial charge on any atom is 0.235 e. The van der Waals surface area contributed by atoms with E-state index in [1.165, 1.54) is 18.2 Å². The molecule has 0 spiro atoms. The van der Waals surface area contributed by atoms with E-state index in [9.17, 15) is 9.59 Å². The minimum atomic E-state index is -0.352. The highest BCUT2D eigenvalue weighted by Crippen LogP contribution is 2.11. The van der Waals surface area contributed by atoms with Gasteiger partial charge in [0.15, 0.2) is 0 Å². The first-order chi connectivity index (χ1) is 8.65. The monoisotopic (exact) mass is 273 g/mol. The number of primary amides is 1. The molecule has 0 aromatic carbocycles. The lowest BCUT2D eigenvalue weighted by molar-refractivity contribution is -0.129. The van der Waals surface area contributed by atoms with Crippen molar-refractivity contribution in [2.75, 3.05) is 31.1 Å². The first-order valence-electron chi connectivity index (χ1n) is 6.53. The summed E-state index contributed by atoms with van der Waals surface area (Å²) in [6.45, 7) is 4.39. The molecule has 1 aliphatic heterocycles. The first-order valence-corrected chi connectivity index (χ1v) is 7.68. The van der Waals surface area contributed by atoms with Crippen molar-refractivity contribution in [1.82, 2.24) is 10.2 Å². The number of nitrogens with one attached hydrogen (secondary N) is 1. The van der Waals surface area contributed by atoms with E-state index < -0.39 is 0 Å². The second-order valence-corrected chi connectivity index (χ2v) is 5.50. The van der Waals surface area contributed by atoms with Gasteiger partial charge in [-0.15, -0.1) is 11.8 Å². The fourth-order valence-electron chi connectivity index (χ4n) is 1.99. The van der Waals surface area contributed by atoms with Crippen molar-refractivity contribution in [2.45, 2.75) is 32.2 Å². The number of nitrogens with zero attached hydrogens (tertiary/aromatic N) is 1. The Bertz CT molecular complexity index is 280. The highest BCUT2D eigenvalue weighted by atomic mass is 32.2. The Hall–Kier alpha value is -0.750. The Morgan fingerprint density at radius 3 is 2.56 bits per heavy atom. The molecule has 0 aromatic rings. The van der Waals surface area contributed by atoms with Crippen LogP contribution in [0.15, 0.2) is 0 Å². The van der Waals surface area contributed by atoms with Crippen LogP contribution >= 0.6 is 11.8 Å². The molecule has 104 valence electrons. The summed E-state index contributed by atoms with van der Waals surface area (Å²) in [6, 6.07) is -0.339. The number of carbonyl (C=O) groups is 2. The number of hydrogen-bond donors (Lipinski definition) is 2. The van der Waals surface area contributed by atoms with Crippen LogP contribution in [0.1, 0.15) is 26.2 Å². The van der Waals surface area contributed by atoms with Crippen molar-refractivity contribution >= 4 is 23.6 Å². The van der Waals surface area contributed by atoms with Crippen molar-refractivity contribution in [1.29, 1.82) is 0 Å². The molecule has 1 saturated heterocycles. The lowest BCUT2D eigenvalue weighted by Gasteiger charge is -2.26.